The molecule has 0 aliphatic carbocycles. The SMILES string of the molecule is CCC(NC(=O)OC)C(=O)N1CCCC1c1cnc(-c2ccc(-c3ccc(-c4cnc(C5CCCN5C(=O)C(NC(=O)OC)C(C)OC)o4)cc3)cc2)[nH]1.CO. The predicted octanol–water partition coefficient (Wildman–Crippen LogP) is 5.23. The Labute approximate surface area is 325 Å². The molecule has 2 fully saturated rings. The molecule has 16 heteroatoms. The van der Waals surface area contributed by atoms with E-state index in [9.17, 15) is 19.2 Å². The lowest BCUT2D eigenvalue weighted by atomic mass is 10.0. The van der Waals surface area contributed by atoms with E-state index in [1.54, 1.807) is 24.2 Å². The van der Waals surface area contributed by atoms with Gasteiger partial charge in [0.25, 0.3) is 0 Å². The molecular weight excluding hydrogens is 722 g/mol. The van der Waals surface area contributed by atoms with Gasteiger partial charge in [-0.2, -0.15) is 0 Å². The molecule has 6 rings (SSSR count). The number of H-pyrrole nitrogens is 1. The Morgan fingerprint density at radius 3 is 1.95 bits per heavy atom. The number of carbonyl (C=O) groups excluding carboxylic acids is 4. The number of aromatic nitrogens is 3. The number of nitrogens with zero attached hydrogens (tertiary/aromatic N) is 4. The number of rotatable bonds is 12. The minimum Gasteiger partial charge on any atom is -0.453 e. The van der Waals surface area contributed by atoms with Crippen molar-refractivity contribution in [2.24, 2.45) is 0 Å². The average molecular weight is 774 g/mol. The molecule has 4 N–H and O–H groups in total. The average Bonchev–Trinajstić information content (AvgIpc) is 4.09. The molecule has 2 saturated heterocycles. The van der Waals surface area contributed by atoms with Crippen LogP contribution in [0.1, 0.15) is 69.6 Å². The summed E-state index contributed by atoms with van der Waals surface area (Å²) in [5.41, 5.74) is 4.64. The number of aromatic amines is 1. The van der Waals surface area contributed by atoms with Crippen LogP contribution in [-0.4, -0.2) is 114 Å². The summed E-state index contributed by atoms with van der Waals surface area (Å²) in [7, 11) is 5.01. The standard InChI is InChI=1S/C39H47N7O8.CH4O/c1-6-28(43-38(49)52-4)36(47)45-19-7-9-30(45)29-21-40-34(42-29)27-17-13-25(14-18-27)24-11-15-26(16-12-24)32-22-41-35(54-32)31-10-8-20-46(31)37(48)33(23(2)51-3)44-39(50)53-5;1-2/h11-18,21-23,28,30-31,33H,6-10,19-20H2,1-5H3,(H,40,42)(H,43,49)(H,44,50);2H,1H3. The first-order chi connectivity index (χ1) is 27.1. The van der Waals surface area contributed by atoms with Gasteiger partial charge in [0.05, 0.1) is 44.5 Å². The van der Waals surface area contributed by atoms with Gasteiger partial charge in [-0.15, -0.1) is 0 Å². The number of amides is 4. The van der Waals surface area contributed by atoms with Crippen LogP contribution >= 0.6 is 0 Å². The van der Waals surface area contributed by atoms with Gasteiger partial charge in [0.2, 0.25) is 17.7 Å². The number of aliphatic hydroxyl groups is 1. The molecule has 5 atom stereocenters. The van der Waals surface area contributed by atoms with Crippen LogP contribution in [-0.2, 0) is 23.8 Å². The van der Waals surface area contributed by atoms with Crippen LogP contribution in [0, 0.1) is 0 Å². The third kappa shape index (κ3) is 9.20. The number of carbonyl (C=O) groups is 4. The Kier molecular flexibility index (Phi) is 14.2. The Bertz CT molecular complexity index is 1930. The summed E-state index contributed by atoms with van der Waals surface area (Å²) in [6.07, 6.45) is 5.11. The number of alkyl carbamates (subject to hydrolysis) is 2. The van der Waals surface area contributed by atoms with E-state index in [-0.39, 0.29) is 23.9 Å². The summed E-state index contributed by atoms with van der Waals surface area (Å²) < 4.78 is 21.0. The fraction of sp³-hybridized carbons (Fsp3) is 0.450. The minimum absolute atomic E-state index is 0.134. The zero-order valence-electron chi connectivity index (χ0n) is 32.6. The fourth-order valence-corrected chi connectivity index (χ4v) is 7.14. The second-order valence-electron chi connectivity index (χ2n) is 13.4. The lowest BCUT2D eigenvalue weighted by Crippen LogP contribution is -2.54. The maximum Gasteiger partial charge on any atom is 0.407 e. The number of aliphatic hydroxyl groups excluding tert-OH is 1. The number of hydrogen-bond acceptors (Lipinski definition) is 11. The van der Waals surface area contributed by atoms with Crippen molar-refractivity contribution in [1.29, 1.82) is 0 Å². The van der Waals surface area contributed by atoms with Gasteiger partial charge in [-0.3, -0.25) is 9.59 Å². The quantitative estimate of drug-likeness (QED) is 0.147. The van der Waals surface area contributed by atoms with Gasteiger partial charge in [-0.1, -0.05) is 55.5 Å². The number of ether oxygens (including phenoxy) is 3. The number of benzene rings is 2. The third-order valence-electron chi connectivity index (χ3n) is 10.2. The highest BCUT2D eigenvalue weighted by molar-refractivity contribution is 5.87. The topological polar surface area (TPSA) is 201 Å². The second kappa shape index (κ2) is 19.2. The van der Waals surface area contributed by atoms with Crippen LogP contribution in [0.15, 0.2) is 65.3 Å². The van der Waals surface area contributed by atoms with Crippen LogP contribution in [0.25, 0.3) is 33.8 Å². The molecule has 0 saturated carbocycles. The number of oxazole rings is 1. The van der Waals surface area contributed by atoms with Crippen molar-refractivity contribution in [2.45, 2.75) is 76.2 Å². The molecule has 2 aliphatic rings. The first-order valence-corrected chi connectivity index (χ1v) is 18.6. The van der Waals surface area contributed by atoms with Gasteiger partial charge in [-0.05, 0) is 50.2 Å². The summed E-state index contributed by atoms with van der Waals surface area (Å²) in [5.74, 6) is 1.31. The maximum atomic E-state index is 13.6. The molecule has 0 radical (unpaired) electrons. The van der Waals surface area contributed by atoms with E-state index in [0.29, 0.717) is 43.4 Å². The summed E-state index contributed by atoms with van der Waals surface area (Å²) >= 11 is 0. The van der Waals surface area contributed by atoms with Crippen LogP contribution in [0.5, 0.6) is 0 Å². The molecule has 2 aromatic carbocycles. The van der Waals surface area contributed by atoms with Gasteiger partial charge in [0, 0.05) is 38.4 Å². The van der Waals surface area contributed by atoms with E-state index >= 15 is 0 Å². The van der Waals surface area contributed by atoms with Crippen LogP contribution < -0.4 is 10.6 Å². The Balaban J connectivity index is 0.00000295. The molecule has 0 bridgehead atoms. The van der Waals surface area contributed by atoms with Gasteiger partial charge in [0.15, 0.2) is 5.76 Å². The third-order valence-corrected chi connectivity index (χ3v) is 10.2. The second-order valence-corrected chi connectivity index (χ2v) is 13.4. The largest absolute Gasteiger partial charge is 0.453 e. The fourth-order valence-electron chi connectivity index (χ4n) is 7.14. The molecule has 2 aliphatic heterocycles. The summed E-state index contributed by atoms with van der Waals surface area (Å²) in [4.78, 5) is 66.7. The van der Waals surface area contributed by atoms with E-state index < -0.39 is 30.4 Å². The first-order valence-electron chi connectivity index (χ1n) is 18.6. The van der Waals surface area contributed by atoms with E-state index in [1.165, 1.54) is 21.3 Å². The smallest absolute Gasteiger partial charge is 0.407 e. The molecule has 4 aromatic rings. The summed E-state index contributed by atoms with van der Waals surface area (Å²) in [6.45, 7) is 4.68. The zero-order valence-corrected chi connectivity index (χ0v) is 32.6. The van der Waals surface area contributed by atoms with Crippen molar-refractivity contribution in [3.63, 3.8) is 0 Å². The van der Waals surface area contributed by atoms with Gasteiger partial charge in [0.1, 0.15) is 23.9 Å². The molecule has 4 heterocycles. The lowest BCUT2D eigenvalue weighted by molar-refractivity contribution is -0.138. The lowest BCUT2D eigenvalue weighted by Gasteiger charge is -2.30. The first kappa shape index (κ1) is 41.4. The number of methoxy groups -OCH3 is 3. The van der Waals surface area contributed by atoms with Gasteiger partial charge >= 0.3 is 12.2 Å². The van der Waals surface area contributed by atoms with Crippen molar-refractivity contribution >= 4 is 24.0 Å². The van der Waals surface area contributed by atoms with Crippen molar-refractivity contribution in [2.75, 3.05) is 41.5 Å². The van der Waals surface area contributed by atoms with Crippen LogP contribution in [0.3, 0.4) is 0 Å². The van der Waals surface area contributed by atoms with Crippen molar-refractivity contribution in [3.8, 4) is 33.8 Å². The van der Waals surface area contributed by atoms with Gasteiger partial charge in [-0.25, -0.2) is 19.6 Å². The normalized spacial score (nSPS) is 18.0. The monoisotopic (exact) mass is 773 g/mol. The number of imidazole rings is 1. The Morgan fingerprint density at radius 1 is 0.804 bits per heavy atom. The minimum atomic E-state index is -0.923. The molecule has 0 spiro atoms. The highest BCUT2D eigenvalue weighted by Gasteiger charge is 2.40. The predicted molar refractivity (Wildman–Crippen MR) is 206 cm³/mol. The van der Waals surface area contributed by atoms with Crippen molar-refractivity contribution < 1.29 is 42.9 Å². The summed E-state index contributed by atoms with van der Waals surface area (Å²) in [6, 6.07) is 14.0. The Morgan fingerprint density at radius 2 is 1.36 bits per heavy atom. The van der Waals surface area contributed by atoms with Crippen molar-refractivity contribution in [1.82, 2.24) is 35.4 Å². The molecule has 16 nitrogen and oxygen atoms in total. The van der Waals surface area contributed by atoms with E-state index in [4.69, 9.17) is 23.7 Å². The number of hydrogen-bond donors (Lipinski definition) is 4. The van der Waals surface area contributed by atoms with Gasteiger partial charge < -0.3 is 49.2 Å². The van der Waals surface area contributed by atoms with E-state index in [2.05, 4.69) is 25.6 Å². The zero-order chi connectivity index (χ0) is 40.4. The van der Waals surface area contributed by atoms with Crippen molar-refractivity contribution in [3.05, 3.63) is 72.5 Å². The molecule has 4 amide bonds. The number of nitrogens with one attached hydrogen (secondary N) is 3. The number of likely N-dealkylation sites (tertiary alicyclic amines) is 2. The molecule has 5 unspecified atom stereocenters. The van der Waals surface area contributed by atoms with E-state index in [0.717, 1.165) is 54.3 Å². The molecular formula is C40H51N7O9. The van der Waals surface area contributed by atoms with Crippen LogP contribution in [0.2, 0.25) is 0 Å². The van der Waals surface area contributed by atoms with E-state index in [1.807, 2.05) is 60.4 Å². The highest BCUT2D eigenvalue weighted by Crippen LogP contribution is 2.36. The highest BCUT2D eigenvalue weighted by atomic mass is 16.5. The molecule has 300 valence electrons. The molecule has 2 aromatic heterocycles. The maximum absolute atomic E-state index is 13.6. The van der Waals surface area contributed by atoms with Crippen LogP contribution in [0.4, 0.5) is 9.59 Å². The Hall–Kier alpha value is -5.74. The molecule has 56 heavy (non-hydrogen) atoms. The summed E-state index contributed by atoms with van der Waals surface area (Å²) in [5, 5.41) is 12.2.